The molecule has 170 valence electrons. The van der Waals surface area contributed by atoms with Crippen LogP contribution in [0.15, 0.2) is 40.4 Å². The molecule has 1 amide bonds. The van der Waals surface area contributed by atoms with Gasteiger partial charge in [0.1, 0.15) is 11.6 Å². The Morgan fingerprint density at radius 2 is 1.90 bits per heavy atom. The maximum Gasteiger partial charge on any atom is 0.224 e. The van der Waals surface area contributed by atoms with Crippen molar-refractivity contribution in [2.45, 2.75) is 91.4 Å². The summed E-state index contributed by atoms with van der Waals surface area (Å²) in [5.74, 6) is 1.92. The number of halogens is 1. The van der Waals surface area contributed by atoms with Gasteiger partial charge in [0.05, 0.1) is 11.4 Å². The van der Waals surface area contributed by atoms with E-state index in [2.05, 4.69) is 37.8 Å². The summed E-state index contributed by atoms with van der Waals surface area (Å²) in [5.41, 5.74) is 3.63. The van der Waals surface area contributed by atoms with E-state index >= 15 is 0 Å². The molecule has 1 aromatic heterocycles. The number of amides is 1. The molecule has 2 saturated carbocycles. The van der Waals surface area contributed by atoms with E-state index in [1.54, 1.807) is 12.2 Å². The molecular formula is C26H37FN2O2. The van der Waals surface area contributed by atoms with Crippen molar-refractivity contribution in [3.05, 3.63) is 52.8 Å². The van der Waals surface area contributed by atoms with Gasteiger partial charge in [0.15, 0.2) is 0 Å². The third-order valence-corrected chi connectivity index (χ3v) is 6.06. The maximum absolute atomic E-state index is 13.7. The molecule has 0 saturated heterocycles. The van der Waals surface area contributed by atoms with Crippen LogP contribution in [0.3, 0.4) is 0 Å². The summed E-state index contributed by atoms with van der Waals surface area (Å²) >= 11 is 0. The molecule has 2 fully saturated rings. The first-order valence-electron chi connectivity index (χ1n) is 11.5. The second kappa shape index (κ2) is 9.54. The summed E-state index contributed by atoms with van der Waals surface area (Å²) < 4.78 is 19.5. The SMILES string of the molecule is C=C(F)/C(=C\C=C(C)C)NC(=O)CCc1noc(C2CC(CC(C)(C)C)C2)c1C1CC1. The first-order valence-corrected chi connectivity index (χ1v) is 11.5. The summed E-state index contributed by atoms with van der Waals surface area (Å²) in [6, 6.07) is 0. The van der Waals surface area contributed by atoms with E-state index in [0.717, 1.165) is 22.9 Å². The number of hydrogen-bond acceptors (Lipinski definition) is 3. The van der Waals surface area contributed by atoms with Crippen LogP contribution in [0, 0.1) is 11.3 Å². The Morgan fingerprint density at radius 3 is 2.45 bits per heavy atom. The van der Waals surface area contributed by atoms with Gasteiger partial charge in [-0.3, -0.25) is 4.79 Å². The number of hydrogen-bond donors (Lipinski definition) is 1. The zero-order valence-electron chi connectivity index (χ0n) is 19.7. The average Bonchev–Trinajstić information content (AvgIpc) is 3.38. The van der Waals surface area contributed by atoms with Gasteiger partial charge in [-0.05, 0) is 69.3 Å². The minimum Gasteiger partial charge on any atom is -0.361 e. The molecule has 1 aromatic rings. The fraction of sp³-hybridized carbons (Fsp3) is 0.615. The highest BCUT2D eigenvalue weighted by atomic mass is 19.1. The van der Waals surface area contributed by atoms with E-state index < -0.39 is 5.83 Å². The topological polar surface area (TPSA) is 55.1 Å². The number of rotatable bonds is 9. The molecule has 0 aromatic carbocycles. The lowest BCUT2D eigenvalue weighted by Gasteiger charge is -2.38. The number of nitrogens with one attached hydrogen (secondary N) is 1. The molecule has 0 radical (unpaired) electrons. The summed E-state index contributed by atoms with van der Waals surface area (Å²) in [4.78, 5) is 12.4. The Balaban J connectivity index is 1.60. The van der Waals surface area contributed by atoms with Crippen LogP contribution in [-0.2, 0) is 11.2 Å². The highest BCUT2D eigenvalue weighted by molar-refractivity contribution is 5.78. The molecule has 31 heavy (non-hydrogen) atoms. The highest BCUT2D eigenvalue weighted by Gasteiger charge is 2.40. The van der Waals surface area contributed by atoms with E-state index in [0.29, 0.717) is 23.7 Å². The van der Waals surface area contributed by atoms with Gasteiger partial charge in [-0.15, -0.1) is 0 Å². The Kier molecular flexibility index (Phi) is 7.23. The van der Waals surface area contributed by atoms with Crippen LogP contribution >= 0.6 is 0 Å². The van der Waals surface area contributed by atoms with Gasteiger partial charge in [-0.1, -0.05) is 44.2 Å². The molecule has 5 heteroatoms. The lowest BCUT2D eigenvalue weighted by molar-refractivity contribution is -0.120. The first-order chi connectivity index (χ1) is 14.5. The van der Waals surface area contributed by atoms with Gasteiger partial charge in [0.25, 0.3) is 0 Å². The fourth-order valence-electron chi connectivity index (χ4n) is 4.51. The highest BCUT2D eigenvalue weighted by Crippen LogP contribution is 2.52. The molecule has 0 spiro atoms. The summed E-state index contributed by atoms with van der Waals surface area (Å²) in [6.07, 6.45) is 9.96. The molecule has 0 unspecified atom stereocenters. The van der Waals surface area contributed by atoms with Gasteiger partial charge in [0, 0.05) is 24.3 Å². The lowest BCUT2D eigenvalue weighted by Crippen LogP contribution is -2.26. The van der Waals surface area contributed by atoms with Crippen molar-refractivity contribution in [3.8, 4) is 0 Å². The van der Waals surface area contributed by atoms with Gasteiger partial charge < -0.3 is 9.84 Å². The fourth-order valence-corrected chi connectivity index (χ4v) is 4.51. The minimum atomic E-state index is -0.650. The maximum atomic E-state index is 13.7. The number of aryl methyl sites for hydroxylation is 1. The lowest BCUT2D eigenvalue weighted by atomic mass is 9.67. The van der Waals surface area contributed by atoms with E-state index in [4.69, 9.17) is 4.52 Å². The Bertz CT molecular complexity index is 874. The van der Waals surface area contributed by atoms with E-state index in [-0.39, 0.29) is 18.0 Å². The molecular weight excluding hydrogens is 391 g/mol. The van der Waals surface area contributed by atoms with Gasteiger partial charge >= 0.3 is 0 Å². The predicted molar refractivity (Wildman–Crippen MR) is 122 cm³/mol. The molecule has 0 aliphatic heterocycles. The predicted octanol–water partition coefficient (Wildman–Crippen LogP) is 6.86. The summed E-state index contributed by atoms with van der Waals surface area (Å²) in [5, 5.41) is 6.99. The van der Waals surface area contributed by atoms with E-state index in [9.17, 15) is 9.18 Å². The van der Waals surface area contributed by atoms with Crippen molar-refractivity contribution >= 4 is 5.91 Å². The molecule has 2 aliphatic carbocycles. The normalized spacial score (nSPS) is 21.4. The second-order valence-electron chi connectivity index (χ2n) is 10.8. The van der Waals surface area contributed by atoms with Crippen molar-refractivity contribution in [3.63, 3.8) is 0 Å². The van der Waals surface area contributed by atoms with Crippen LogP contribution in [0.1, 0.15) is 102 Å². The van der Waals surface area contributed by atoms with Gasteiger partial charge in [-0.25, -0.2) is 4.39 Å². The zero-order chi connectivity index (χ0) is 22.8. The smallest absolute Gasteiger partial charge is 0.224 e. The summed E-state index contributed by atoms with van der Waals surface area (Å²) in [7, 11) is 0. The van der Waals surface area contributed by atoms with Crippen LogP contribution < -0.4 is 5.32 Å². The number of carbonyl (C=O) groups is 1. The third-order valence-electron chi connectivity index (χ3n) is 6.06. The van der Waals surface area contributed by atoms with Crippen LogP contribution in [0.25, 0.3) is 0 Å². The van der Waals surface area contributed by atoms with Gasteiger partial charge in [-0.2, -0.15) is 0 Å². The molecule has 2 aliphatic rings. The van der Waals surface area contributed by atoms with Crippen LogP contribution in [0.4, 0.5) is 4.39 Å². The van der Waals surface area contributed by atoms with Crippen molar-refractivity contribution in [1.29, 1.82) is 0 Å². The average molecular weight is 429 g/mol. The Labute approximate surface area is 186 Å². The molecule has 1 N–H and O–H groups in total. The van der Waals surface area contributed by atoms with Crippen LogP contribution in [0.5, 0.6) is 0 Å². The molecule has 1 heterocycles. The Morgan fingerprint density at radius 1 is 1.23 bits per heavy atom. The standard InChI is InChI=1S/C26H37FN2O2/c1-16(2)7-10-21(17(3)27)28-23(30)12-11-22-24(19-8-9-19)25(31-29-22)20-13-18(14-20)15-26(4,5)6/h7,10,18-20H,3,8-9,11-15H2,1-2,4-6H3,(H,28,30)/b21-10+. The number of nitrogens with zero attached hydrogens (tertiary/aromatic N) is 1. The van der Waals surface area contributed by atoms with Crippen molar-refractivity contribution in [2.24, 2.45) is 11.3 Å². The number of aromatic nitrogens is 1. The molecule has 0 atom stereocenters. The number of carbonyl (C=O) groups excluding carboxylic acids is 1. The Hall–Kier alpha value is -2.17. The zero-order valence-corrected chi connectivity index (χ0v) is 19.7. The molecule has 3 rings (SSSR count). The second-order valence-corrected chi connectivity index (χ2v) is 10.8. The van der Waals surface area contributed by atoms with Crippen LogP contribution in [0.2, 0.25) is 0 Å². The van der Waals surface area contributed by atoms with Crippen molar-refractivity contribution in [2.75, 3.05) is 0 Å². The number of allylic oxidation sites excluding steroid dienone is 4. The molecule has 4 nitrogen and oxygen atoms in total. The van der Waals surface area contributed by atoms with Crippen molar-refractivity contribution in [1.82, 2.24) is 10.5 Å². The quantitative estimate of drug-likeness (QED) is 0.437. The van der Waals surface area contributed by atoms with E-state index in [1.807, 2.05) is 13.8 Å². The molecule has 0 bridgehead atoms. The van der Waals surface area contributed by atoms with Gasteiger partial charge in [0.2, 0.25) is 5.91 Å². The summed E-state index contributed by atoms with van der Waals surface area (Å²) in [6.45, 7) is 14.0. The van der Waals surface area contributed by atoms with Crippen LogP contribution in [-0.4, -0.2) is 11.1 Å². The van der Waals surface area contributed by atoms with Crippen molar-refractivity contribution < 1.29 is 13.7 Å². The monoisotopic (exact) mass is 428 g/mol. The first kappa shape index (κ1) is 23.5. The largest absolute Gasteiger partial charge is 0.361 e. The van der Waals surface area contributed by atoms with E-state index in [1.165, 1.54) is 37.7 Å². The third kappa shape index (κ3) is 6.65. The minimum absolute atomic E-state index is 0.105.